The van der Waals surface area contributed by atoms with Gasteiger partial charge in [-0.05, 0) is 58.2 Å². The van der Waals surface area contributed by atoms with Gasteiger partial charge in [-0.1, -0.05) is 6.07 Å². The SMILES string of the molecule is CC1(C)CC(C(=O)c2cnc(-c3ccc(-c4cn[nH]c4)cc3O)cn2)CC(C)(C)N1. The molecule has 0 bridgehead atoms. The molecular weight excluding hydrogens is 378 g/mol. The van der Waals surface area contributed by atoms with Crippen molar-refractivity contribution in [1.29, 1.82) is 0 Å². The first-order valence-corrected chi connectivity index (χ1v) is 10.1. The second-order valence-electron chi connectivity index (χ2n) is 9.37. The molecule has 156 valence electrons. The molecule has 2 aromatic heterocycles. The van der Waals surface area contributed by atoms with Crippen molar-refractivity contribution in [2.75, 3.05) is 0 Å². The zero-order chi connectivity index (χ0) is 21.5. The number of benzene rings is 1. The molecule has 7 nitrogen and oxygen atoms in total. The molecule has 0 spiro atoms. The number of carbonyl (C=O) groups excluding carboxylic acids is 1. The summed E-state index contributed by atoms with van der Waals surface area (Å²) in [5.74, 6) is 0.0270. The maximum Gasteiger partial charge on any atom is 0.185 e. The first-order chi connectivity index (χ1) is 14.1. The lowest BCUT2D eigenvalue weighted by Gasteiger charge is -2.45. The summed E-state index contributed by atoms with van der Waals surface area (Å²) in [4.78, 5) is 21.9. The predicted octanol–water partition coefficient (Wildman–Crippen LogP) is 3.98. The quantitative estimate of drug-likeness (QED) is 0.567. The van der Waals surface area contributed by atoms with Gasteiger partial charge in [0, 0.05) is 34.3 Å². The van der Waals surface area contributed by atoms with Crippen molar-refractivity contribution in [2.24, 2.45) is 5.92 Å². The summed E-state index contributed by atoms with van der Waals surface area (Å²) in [6.07, 6.45) is 8.04. The Morgan fingerprint density at radius 2 is 1.77 bits per heavy atom. The first-order valence-electron chi connectivity index (χ1n) is 10.1. The van der Waals surface area contributed by atoms with E-state index < -0.39 is 0 Å². The molecule has 4 rings (SSSR count). The fraction of sp³-hybridized carbons (Fsp3) is 0.391. The van der Waals surface area contributed by atoms with Crippen LogP contribution < -0.4 is 5.32 Å². The van der Waals surface area contributed by atoms with Gasteiger partial charge in [0.05, 0.1) is 24.3 Å². The summed E-state index contributed by atoms with van der Waals surface area (Å²) < 4.78 is 0. The molecule has 0 amide bonds. The van der Waals surface area contributed by atoms with E-state index in [4.69, 9.17) is 0 Å². The highest BCUT2D eigenvalue weighted by atomic mass is 16.3. The maximum absolute atomic E-state index is 13.1. The first kappa shape index (κ1) is 20.2. The number of H-pyrrole nitrogens is 1. The summed E-state index contributed by atoms with van der Waals surface area (Å²) >= 11 is 0. The van der Waals surface area contributed by atoms with Crippen LogP contribution >= 0.6 is 0 Å². The molecule has 1 fully saturated rings. The second-order valence-corrected chi connectivity index (χ2v) is 9.37. The molecule has 7 heteroatoms. The van der Waals surface area contributed by atoms with E-state index in [1.54, 1.807) is 30.7 Å². The summed E-state index contributed by atoms with van der Waals surface area (Å²) in [7, 11) is 0. The van der Waals surface area contributed by atoms with Gasteiger partial charge >= 0.3 is 0 Å². The molecule has 3 heterocycles. The molecular formula is C23H27N5O2. The van der Waals surface area contributed by atoms with Crippen LogP contribution in [0.1, 0.15) is 51.0 Å². The Kier molecular flexibility index (Phi) is 4.94. The minimum atomic E-state index is -0.113. The topological polar surface area (TPSA) is 104 Å². The molecule has 0 radical (unpaired) electrons. The number of aromatic amines is 1. The highest BCUT2D eigenvalue weighted by molar-refractivity contribution is 5.96. The number of carbonyl (C=O) groups is 1. The van der Waals surface area contributed by atoms with Crippen molar-refractivity contribution in [3.8, 4) is 28.1 Å². The largest absolute Gasteiger partial charge is 0.507 e. The van der Waals surface area contributed by atoms with Gasteiger partial charge in [-0.25, -0.2) is 4.98 Å². The molecule has 3 aromatic rings. The smallest absolute Gasteiger partial charge is 0.185 e. The lowest BCUT2D eigenvalue weighted by Crippen LogP contribution is -2.58. The Morgan fingerprint density at radius 3 is 2.33 bits per heavy atom. The molecule has 1 aromatic carbocycles. The van der Waals surface area contributed by atoms with Crippen LogP contribution in [0.4, 0.5) is 0 Å². The van der Waals surface area contributed by atoms with E-state index in [2.05, 4.69) is 53.2 Å². The minimum absolute atomic E-state index is 0.0243. The zero-order valence-corrected chi connectivity index (χ0v) is 17.7. The average Bonchev–Trinajstić information content (AvgIpc) is 3.20. The van der Waals surface area contributed by atoms with E-state index in [1.807, 2.05) is 6.07 Å². The lowest BCUT2D eigenvalue weighted by molar-refractivity contribution is 0.0730. The highest BCUT2D eigenvalue weighted by Gasteiger charge is 2.41. The van der Waals surface area contributed by atoms with E-state index in [-0.39, 0.29) is 28.5 Å². The van der Waals surface area contributed by atoms with E-state index in [1.165, 1.54) is 6.20 Å². The van der Waals surface area contributed by atoms with Gasteiger partial charge in [-0.3, -0.25) is 14.9 Å². The van der Waals surface area contributed by atoms with E-state index >= 15 is 0 Å². The van der Waals surface area contributed by atoms with E-state index in [0.717, 1.165) is 24.0 Å². The van der Waals surface area contributed by atoms with Crippen LogP contribution in [-0.4, -0.2) is 42.1 Å². The third-order valence-electron chi connectivity index (χ3n) is 5.57. The van der Waals surface area contributed by atoms with Crippen LogP contribution in [0.2, 0.25) is 0 Å². The molecule has 1 aliphatic heterocycles. The third-order valence-corrected chi connectivity index (χ3v) is 5.57. The molecule has 1 aliphatic rings. The normalized spacial score (nSPS) is 18.3. The van der Waals surface area contributed by atoms with Crippen LogP contribution in [0.5, 0.6) is 5.75 Å². The number of phenolic OH excluding ortho intramolecular Hbond substituents is 1. The average molecular weight is 406 g/mol. The van der Waals surface area contributed by atoms with Gasteiger partial charge < -0.3 is 10.4 Å². The van der Waals surface area contributed by atoms with Crippen LogP contribution in [-0.2, 0) is 0 Å². The second kappa shape index (κ2) is 7.32. The molecule has 0 saturated carbocycles. The fourth-order valence-corrected chi connectivity index (χ4v) is 4.65. The Hall–Kier alpha value is -3.06. The number of Topliss-reactive ketones (excluding diaryl/α,β-unsaturated/α-hetero) is 1. The number of nitrogens with one attached hydrogen (secondary N) is 2. The third kappa shape index (κ3) is 4.11. The van der Waals surface area contributed by atoms with Crippen molar-refractivity contribution < 1.29 is 9.90 Å². The predicted molar refractivity (Wildman–Crippen MR) is 115 cm³/mol. The van der Waals surface area contributed by atoms with Gasteiger partial charge in [0.15, 0.2) is 5.78 Å². The monoisotopic (exact) mass is 405 g/mol. The number of ketones is 1. The number of phenols is 1. The fourth-order valence-electron chi connectivity index (χ4n) is 4.65. The maximum atomic E-state index is 13.1. The zero-order valence-electron chi connectivity index (χ0n) is 17.7. The van der Waals surface area contributed by atoms with Crippen molar-refractivity contribution in [3.63, 3.8) is 0 Å². The molecule has 30 heavy (non-hydrogen) atoms. The molecule has 0 atom stereocenters. The lowest BCUT2D eigenvalue weighted by atomic mass is 9.74. The van der Waals surface area contributed by atoms with Crippen LogP contribution in [0.3, 0.4) is 0 Å². The molecule has 1 saturated heterocycles. The molecule has 3 N–H and O–H groups in total. The summed E-state index contributed by atoms with van der Waals surface area (Å²) in [6, 6.07) is 5.35. The number of hydrogen-bond donors (Lipinski definition) is 3. The number of rotatable bonds is 4. The minimum Gasteiger partial charge on any atom is -0.507 e. The van der Waals surface area contributed by atoms with Crippen molar-refractivity contribution in [2.45, 2.75) is 51.6 Å². The van der Waals surface area contributed by atoms with Crippen molar-refractivity contribution in [3.05, 3.63) is 48.7 Å². The summed E-state index contributed by atoms with van der Waals surface area (Å²) in [5, 5.41) is 20.8. The van der Waals surface area contributed by atoms with E-state index in [9.17, 15) is 9.90 Å². The van der Waals surface area contributed by atoms with Gasteiger partial charge in [0.2, 0.25) is 0 Å². The number of aromatic hydroxyl groups is 1. The number of aromatic nitrogens is 4. The van der Waals surface area contributed by atoms with Crippen LogP contribution in [0, 0.1) is 5.92 Å². The Balaban J connectivity index is 1.55. The van der Waals surface area contributed by atoms with Crippen LogP contribution in [0.25, 0.3) is 22.4 Å². The Bertz CT molecular complexity index is 1040. The van der Waals surface area contributed by atoms with Gasteiger partial charge in [0.1, 0.15) is 11.4 Å². The number of nitrogens with zero attached hydrogens (tertiary/aromatic N) is 3. The van der Waals surface area contributed by atoms with Gasteiger partial charge in [-0.15, -0.1) is 0 Å². The number of hydrogen-bond acceptors (Lipinski definition) is 6. The Labute approximate surface area is 176 Å². The molecule has 0 unspecified atom stereocenters. The standard InChI is InChI=1S/C23H27N5O2/c1-22(2)8-15(9-23(3,4)28-22)21(30)19-13-24-18(12-25-19)17-6-5-14(7-20(17)29)16-10-26-27-11-16/h5-7,10-13,15,28-29H,8-9H2,1-4H3,(H,26,27). The van der Waals surface area contributed by atoms with Crippen LogP contribution in [0.15, 0.2) is 43.0 Å². The van der Waals surface area contributed by atoms with Crippen molar-refractivity contribution >= 4 is 5.78 Å². The molecule has 0 aliphatic carbocycles. The number of piperidine rings is 1. The summed E-state index contributed by atoms with van der Waals surface area (Å²) in [6.45, 7) is 8.50. The van der Waals surface area contributed by atoms with Gasteiger partial charge in [0.25, 0.3) is 0 Å². The Morgan fingerprint density at radius 1 is 1.03 bits per heavy atom. The van der Waals surface area contributed by atoms with Crippen molar-refractivity contribution in [1.82, 2.24) is 25.5 Å². The highest BCUT2D eigenvalue weighted by Crippen LogP contribution is 2.35. The van der Waals surface area contributed by atoms with Gasteiger partial charge in [-0.2, -0.15) is 5.10 Å². The summed E-state index contributed by atoms with van der Waals surface area (Å²) in [5.41, 5.74) is 2.96. The van der Waals surface area contributed by atoms with E-state index in [0.29, 0.717) is 17.0 Å².